The molecule has 106 valence electrons. The Morgan fingerprint density at radius 2 is 1.80 bits per heavy atom. The standard InChI is InChI=1S/C15H15ClFNO2/c1-19-12-7-6-9(8-13(12)20-2)15(18)10-4-3-5-11(16)14(10)17/h3-8,15H,18H2,1-2H3. The molecule has 1 unspecified atom stereocenters. The number of rotatable bonds is 4. The molecule has 2 aromatic rings. The van der Waals surface area contributed by atoms with Gasteiger partial charge in [-0.2, -0.15) is 0 Å². The summed E-state index contributed by atoms with van der Waals surface area (Å²) in [4.78, 5) is 0. The summed E-state index contributed by atoms with van der Waals surface area (Å²) in [6.45, 7) is 0. The Morgan fingerprint density at radius 1 is 1.10 bits per heavy atom. The van der Waals surface area contributed by atoms with Gasteiger partial charge in [-0.05, 0) is 23.8 Å². The van der Waals surface area contributed by atoms with E-state index in [1.54, 1.807) is 37.4 Å². The lowest BCUT2D eigenvalue weighted by Crippen LogP contribution is -2.14. The zero-order chi connectivity index (χ0) is 14.7. The molecule has 0 saturated heterocycles. The second-order valence-electron chi connectivity index (χ2n) is 4.24. The lowest BCUT2D eigenvalue weighted by atomic mass is 9.98. The molecule has 2 rings (SSSR count). The summed E-state index contributed by atoms with van der Waals surface area (Å²) in [5.41, 5.74) is 7.16. The van der Waals surface area contributed by atoms with Crippen LogP contribution in [0.15, 0.2) is 36.4 Å². The maximum absolute atomic E-state index is 14.0. The lowest BCUT2D eigenvalue weighted by Gasteiger charge is -2.16. The SMILES string of the molecule is COc1ccc(C(N)c2cccc(Cl)c2F)cc1OC. The van der Waals surface area contributed by atoms with Gasteiger partial charge in [-0.1, -0.05) is 29.8 Å². The molecule has 20 heavy (non-hydrogen) atoms. The van der Waals surface area contributed by atoms with Gasteiger partial charge in [0.2, 0.25) is 0 Å². The van der Waals surface area contributed by atoms with E-state index in [0.717, 1.165) is 0 Å². The van der Waals surface area contributed by atoms with Gasteiger partial charge >= 0.3 is 0 Å². The normalized spacial score (nSPS) is 12.1. The monoisotopic (exact) mass is 295 g/mol. The maximum Gasteiger partial charge on any atom is 0.161 e. The number of methoxy groups -OCH3 is 2. The topological polar surface area (TPSA) is 44.5 Å². The fourth-order valence-electron chi connectivity index (χ4n) is 1.99. The smallest absolute Gasteiger partial charge is 0.161 e. The van der Waals surface area contributed by atoms with Crippen molar-refractivity contribution in [3.05, 3.63) is 58.4 Å². The quantitative estimate of drug-likeness (QED) is 0.938. The van der Waals surface area contributed by atoms with Gasteiger partial charge in [-0.3, -0.25) is 0 Å². The van der Waals surface area contributed by atoms with Crippen molar-refractivity contribution < 1.29 is 13.9 Å². The summed E-state index contributed by atoms with van der Waals surface area (Å²) in [7, 11) is 3.08. The Labute approximate surface area is 122 Å². The van der Waals surface area contributed by atoms with Crippen molar-refractivity contribution in [2.45, 2.75) is 6.04 Å². The van der Waals surface area contributed by atoms with Gasteiger partial charge in [-0.25, -0.2) is 4.39 Å². The molecule has 5 heteroatoms. The minimum absolute atomic E-state index is 0.0541. The summed E-state index contributed by atoms with van der Waals surface area (Å²) in [5, 5.41) is 0.0541. The number of nitrogens with two attached hydrogens (primary N) is 1. The van der Waals surface area contributed by atoms with Crippen LogP contribution in [0.1, 0.15) is 17.2 Å². The highest BCUT2D eigenvalue weighted by atomic mass is 35.5. The van der Waals surface area contributed by atoms with Crippen LogP contribution in [0.4, 0.5) is 4.39 Å². The molecule has 2 N–H and O–H groups in total. The first kappa shape index (κ1) is 14.6. The molecular weight excluding hydrogens is 281 g/mol. The van der Waals surface area contributed by atoms with Crippen LogP contribution in [0.25, 0.3) is 0 Å². The molecular formula is C15H15ClFNO2. The van der Waals surface area contributed by atoms with Crippen molar-refractivity contribution in [1.82, 2.24) is 0 Å². The van der Waals surface area contributed by atoms with Gasteiger partial charge in [-0.15, -0.1) is 0 Å². The molecule has 0 aromatic heterocycles. The maximum atomic E-state index is 14.0. The molecule has 0 amide bonds. The fourth-order valence-corrected chi connectivity index (χ4v) is 2.17. The Bertz CT molecular complexity index is 619. The van der Waals surface area contributed by atoms with E-state index < -0.39 is 11.9 Å². The third-order valence-electron chi connectivity index (χ3n) is 3.08. The third kappa shape index (κ3) is 2.71. The summed E-state index contributed by atoms with van der Waals surface area (Å²) < 4.78 is 24.4. The average Bonchev–Trinajstić information content (AvgIpc) is 2.48. The minimum Gasteiger partial charge on any atom is -0.493 e. The van der Waals surface area contributed by atoms with Crippen LogP contribution in [0, 0.1) is 5.82 Å². The van der Waals surface area contributed by atoms with Crippen molar-refractivity contribution in [2.75, 3.05) is 14.2 Å². The van der Waals surface area contributed by atoms with E-state index in [1.165, 1.54) is 13.2 Å². The first-order valence-electron chi connectivity index (χ1n) is 6.00. The van der Waals surface area contributed by atoms with Crippen LogP contribution in [0.3, 0.4) is 0 Å². The number of halogens is 2. The summed E-state index contributed by atoms with van der Waals surface area (Å²) >= 11 is 5.78. The van der Waals surface area contributed by atoms with E-state index in [4.69, 9.17) is 26.8 Å². The first-order chi connectivity index (χ1) is 9.58. The molecule has 0 fully saturated rings. The molecule has 0 aliphatic carbocycles. The predicted molar refractivity (Wildman–Crippen MR) is 77.0 cm³/mol. The van der Waals surface area contributed by atoms with E-state index >= 15 is 0 Å². The van der Waals surface area contributed by atoms with Crippen LogP contribution < -0.4 is 15.2 Å². The highest BCUT2D eigenvalue weighted by Crippen LogP contribution is 2.32. The van der Waals surface area contributed by atoms with E-state index in [-0.39, 0.29) is 5.02 Å². The number of ether oxygens (including phenoxy) is 2. The summed E-state index contributed by atoms with van der Waals surface area (Å²) in [6.07, 6.45) is 0. The highest BCUT2D eigenvalue weighted by molar-refractivity contribution is 6.30. The highest BCUT2D eigenvalue weighted by Gasteiger charge is 2.17. The third-order valence-corrected chi connectivity index (χ3v) is 3.38. The van der Waals surface area contributed by atoms with Crippen molar-refractivity contribution in [3.63, 3.8) is 0 Å². The minimum atomic E-state index is -0.631. The van der Waals surface area contributed by atoms with Crippen molar-refractivity contribution in [1.29, 1.82) is 0 Å². The molecule has 2 aromatic carbocycles. The van der Waals surface area contributed by atoms with Crippen LogP contribution in [-0.4, -0.2) is 14.2 Å². The van der Waals surface area contributed by atoms with Crippen LogP contribution >= 0.6 is 11.6 Å². The van der Waals surface area contributed by atoms with E-state index in [9.17, 15) is 4.39 Å². The number of benzene rings is 2. The van der Waals surface area contributed by atoms with Gasteiger partial charge in [0, 0.05) is 5.56 Å². The van der Waals surface area contributed by atoms with Crippen molar-refractivity contribution in [3.8, 4) is 11.5 Å². The molecule has 0 saturated carbocycles. The van der Waals surface area contributed by atoms with Gasteiger partial charge in [0.1, 0.15) is 5.82 Å². The van der Waals surface area contributed by atoms with Crippen LogP contribution in [0.2, 0.25) is 5.02 Å². The zero-order valence-corrected chi connectivity index (χ0v) is 11.9. The van der Waals surface area contributed by atoms with E-state index in [1.807, 2.05) is 0 Å². The first-order valence-corrected chi connectivity index (χ1v) is 6.37. The van der Waals surface area contributed by atoms with Gasteiger partial charge in [0.05, 0.1) is 25.3 Å². The van der Waals surface area contributed by atoms with Crippen molar-refractivity contribution >= 4 is 11.6 Å². The molecule has 3 nitrogen and oxygen atoms in total. The molecule has 0 heterocycles. The van der Waals surface area contributed by atoms with Crippen LogP contribution in [-0.2, 0) is 0 Å². The number of hydrogen-bond donors (Lipinski definition) is 1. The molecule has 0 radical (unpaired) electrons. The molecule has 0 bridgehead atoms. The van der Waals surface area contributed by atoms with Gasteiger partial charge in [0.25, 0.3) is 0 Å². The molecule has 0 aliphatic heterocycles. The second-order valence-corrected chi connectivity index (χ2v) is 4.64. The van der Waals surface area contributed by atoms with Crippen molar-refractivity contribution in [2.24, 2.45) is 5.73 Å². The molecule has 1 atom stereocenters. The Balaban J connectivity index is 2.43. The van der Waals surface area contributed by atoms with Crippen LogP contribution in [0.5, 0.6) is 11.5 Å². The summed E-state index contributed by atoms with van der Waals surface area (Å²) in [5.74, 6) is 0.634. The Morgan fingerprint density at radius 3 is 2.45 bits per heavy atom. The predicted octanol–water partition coefficient (Wildman–Crippen LogP) is 3.54. The summed E-state index contributed by atoms with van der Waals surface area (Å²) in [6, 6.07) is 9.37. The van der Waals surface area contributed by atoms with Gasteiger partial charge < -0.3 is 15.2 Å². The Kier molecular flexibility index (Phi) is 4.47. The average molecular weight is 296 g/mol. The fraction of sp³-hybridized carbons (Fsp3) is 0.200. The largest absolute Gasteiger partial charge is 0.493 e. The molecule has 0 spiro atoms. The zero-order valence-electron chi connectivity index (χ0n) is 11.2. The lowest BCUT2D eigenvalue weighted by molar-refractivity contribution is 0.354. The second kappa shape index (κ2) is 6.11. The number of hydrogen-bond acceptors (Lipinski definition) is 3. The Hall–Kier alpha value is -1.78. The van der Waals surface area contributed by atoms with E-state index in [0.29, 0.717) is 22.6 Å². The van der Waals surface area contributed by atoms with E-state index in [2.05, 4.69) is 0 Å². The molecule has 0 aliphatic rings. The van der Waals surface area contributed by atoms with Gasteiger partial charge in [0.15, 0.2) is 11.5 Å².